The fraction of sp³-hybridized carbons (Fsp3) is 0.391. The van der Waals surface area contributed by atoms with Crippen LogP contribution in [0.25, 0.3) is 11.0 Å². The largest absolute Gasteiger partial charge is 0.352 e. The second kappa shape index (κ2) is 9.02. The number of H-pyrrole nitrogens is 1. The molecule has 5 heteroatoms. The normalized spacial score (nSPS) is 15.0. The van der Waals surface area contributed by atoms with Crippen LogP contribution in [0, 0.1) is 0 Å². The molecule has 1 aliphatic rings. The van der Waals surface area contributed by atoms with Crippen LogP contribution >= 0.6 is 0 Å². The maximum atomic E-state index is 12.2. The van der Waals surface area contributed by atoms with Crippen LogP contribution in [0.2, 0.25) is 0 Å². The number of aromatic amines is 1. The fourth-order valence-electron chi connectivity index (χ4n) is 3.78. The van der Waals surface area contributed by atoms with Crippen molar-refractivity contribution in [2.45, 2.75) is 45.2 Å². The van der Waals surface area contributed by atoms with Crippen molar-refractivity contribution in [2.75, 3.05) is 13.1 Å². The number of aromatic nitrogens is 2. The van der Waals surface area contributed by atoms with Crippen LogP contribution in [0.1, 0.15) is 42.6 Å². The van der Waals surface area contributed by atoms with E-state index in [1.54, 1.807) is 0 Å². The van der Waals surface area contributed by atoms with E-state index in [0.29, 0.717) is 19.4 Å². The molecule has 2 N–H and O–H groups in total. The van der Waals surface area contributed by atoms with Crippen molar-refractivity contribution in [3.05, 3.63) is 65.5 Å². The number of nitrogens with one attached hydrogen (secondary N) is 2. The van der Waals surface area contributed by atoms with E-state index in [-0.39, 0.29) is 5.91 Å². The number of piperidine rings is 1. The number of rotatable bonds is 7. The van der Waals surface area contributed by atoms with Gasteiger partial charge in [-0.2, -0.15) is 0 Å². The van der Waals surface area contributed by atoms with Gasteiger partial charge >= 0.3 is 0 Å². The van der Waals surface area contributed by atoms with Gasteiger partial charge in [-0.1, -0.05) is 42.8 Å². The molecule has 4 rings (SSSR count). The van der Waals surface area contributed by atoms with Crippen LogP contribution in [-0.4, -0.2) is 33.9 Å². The Hall–Kier alpha value is -2.66. The minimum absolute atomic E-state index is 0.0536. The first-order valence-electron chi connectivity index (χ1n) is 10.3. The summed E-state index contributed by atoms with van der Waals surface area (Å²) in [4.78, 5) is 22.5. The molecule has 1 amide bonds. The molecule has 0 spiro atoms. The van der Waals surface area contributed by atoms with E-state index in [4.69, 9.17) is 0 Å². The first-order valence-corrected chi connectivity index (χ1v) is 10.3. The van der Waals surface area contributed by atoms with Gasteiger partial charge in [0.1, 0.15) is 5.82 Å². The van der Waals surface area contributed by atoms with Gasteiger partial charge in [-0.15, -0.1) is 0 Å². The monoisotopic (exact) mass is 376 g/mol. The highest BCUT2D eigenvalue weighted by molar-refractivity contribution is 5.77. The number of hydrogen-bond acceptors (Lipinski definition) is 3. The van der Waals surface area contributed by atoms with Crippen LogP contribution in [0.15, 0.2) is 48.5 Å². The third kappa shape index (κ3) is 4.98. The molecule has 0 radical (unpaired) electrons. The van der Waals surface area contributed by atoms with Gasteiger partial charge in [0.25, 0.3) is 0 Å². The average Bonchev–Trinajstić information content (AvgIpc) is 3.15. The van der Waals surface area contributed by atoms with Crippen LogP contribution in [0.3, 0.4) is 0 Å². The Bertz CT molecular complexity index is 877. The van der Waals surface area contributed by atoms with Crippen LogP contribution < -0.4 is 5.32 Å². The van der Waals surface area contributed by atoms with Gasteiger partial charge in [-0.25, -0.2) is 4.98 Å². The van der Waals surface area contributed by atoms with Crippen LogP contribution in [0.4, 0.5) is 0 Å². The standard InChI is InChI=1S/C23H28N4O/c28-23(13-12-22-25-20-6-2-3-7-21(20)26-22)24-16-18-8-10-19(11-9-18)17-27-14-4-1-5-15-27/h2-3,6-11H,1,4-5,12-17H2,(H,24,28)(H,25,26). The minimum Gasteiger partial charge on any atom is -0.352 e. The average molecular weight is 377 g/mol. The lowest BCUT2D eigenvalue weighted by molar-refractivity contribution is -0.121. The lowest BCUT2D eigenvalue weighted by Gasteiger charge is -2.26. The van der Waals surface area contributed by atoms with E-state index in [0.717, 1.165) is 29.0 Å². The van der Waals surface area contributed by atoms with E-state index in [9.17, 15) is 4.79 Å². The molecule has 1 aromatic heterocycles. The number of carbonyl (C=O) groups excluding carboxylic acids is 1. The van der Waals surface area contributed by atoms with E-state index < -0.39 is 0 Å². The summed E-state index contributed by atoms with van der Waals surface area (Å²) in [5.74, 6) is 0.913. The molecule has 1 saturated heterocycles. The number of imidazole rings is 1. The number of amides is 1. The zero-order valence-electron chi connectivity index (χ0n) is 16.3. The first-order chi connectivity index (χ1) is 13.8. The van der Waals surface area contributed by atoms with Gasteiger partial charge in [0.2, 0.25) is 5.91 Å². The van der Waals surface area contributed by atoms with Gasteiger partial charge in [0.05, 0.1) is 11.0 Å². The smallest absolute Gasteiger partial charge is 0.220 e. The Morgan fingerprint density at radius 2 is 1.75 bits per heavy atom. The molecule has 0 bridgehead atoms. The quantitative estimate of drug-likeness (QED) is 0.659. The number of aryl methyl sites for hydroxylation is 1. The number of hydrogen-bond donors (Lipinski definition) is 2. The number of nitrogens with zero attached hydrogens (tertiary/aromatic N) is 2. The van der Waals surface area contributed by atoms with Crippen molar-refractivity contribution >= 4 is 16.9 Å². The maximum Gasteiger partial charge on any atom is 0.220 e. The SMILES string of the molecule is O=C(CCc1nc2ccccc2[nH]1)NCc1ccc(CN2CCCCC2)cc1. The second-order valence-electron chi connectivity index (χ2n) is 7.63. The molecule has 1 aliphatic heterocycles. The van der Waals surface area contributed by atoms with Crippen molar-refractivity contribution < 1.29 is 4.79 Å². The summed E-state index contributed by atoms with van der Waals surface area (Å²) in [6.07, 6.45) is 5.06. The summed E-state index contributed by atoms with van der Waals surface area (Å²) in [6.45, 7) is 4.03. The summed E-state index contributed by atoms with van der Waals surface area (Å²) >= 11 is 0. The van der Waals surface area contributed by atoms with Gasteiger partial charge in [-0.05, 0) is 49.2 Å². The van der Waals surface area contributed by atoms with E-state index in [1.165, 1.54) is 37.9 Å². The van der Waals surface area contributed by atoms with Gasteiger partial charge in [-0.3, -0.25) is 9.69 Å². The molecule has 2 heterocycles. The zero-order chi connectivity index (χ0) is 19.2. The molecule has 0 aliphatic carbocycles. The molecule has 1 fully saturated rings. The van der Waals surface area contributed by atoms with Gasteiger partial charge in [0, 0.05) is 25.9 Å². The number of likely N-dealkylation sites (tertiary alicyclic amines) is 1. The lowest BCUT2D eigenvalue weighted by Crippen LogP contribution is -2.29. The summed E-state index contributed by atoms with van der Waals surface area (Å²) in [5, 5.41) is 3.01. The molecule has 3 aromatic rings. The highest BCUT2D eigenvalue weighted by Crippen LogP contribution is 2.14. The zero-order valence-corrected chi connectivity index (χ0v) is 16.3. The Balaban J connectivity index is 1.21. The molecular formula is C23H28N4O. The summed E-state index contributed by atoms with van der Waals surface area (Å²) in [7, 11) is 0. The summed E-state index contributed by atoms with van der Waals surface area (Å²) in [5.41, 5.74) is 4.45. The van der Waals surface area contributed by atoms with E-state index in [1.807, 2.05) is 24.3 Å². The Morgan fingerprint density at radius 3 is 2.54 bits per heavy atom. The van der Waals surface area contributed by atoms with Crippen LogP contribution in [-0.2, 0) is 24.3 Å². The predicted molar refractivity (Wildman–Crippen MR) is 112 cm³/mol. The molecule has 0 atom stereocenters. The predicted octanol–water partition coefficient (Wildman–Crippen LogP) is 3.80. The Morgan fingerprint density at radius 1 is 1.00 bits per heavy atom. The second-order valence-corrected chi connectivity index (χ2v) is 7.63. The molecule has 0 unspecified atom stereocenters. The molecule has 5 nitrogen and oxygen atoms in total. The fourth-order valence-corrected chi connectivity index (χ4v) is 3.78. The van der Waals surface area contributed by atoms with Crippen molar-refractivity contribution in [3.8, 4) is 0 Å². The number of carbonyl (C=O) groups is 1. The molecule has 2 aromatic carbocycles. The highest BCUT2D eigenvalue weighted by atomic mass is 16.1. The number of para-hydroxylation sites is 2. The van der Waals surface area contributed by atoms with Crippen molar-refractivity contribution in [1.29, 1.82) is 0 Å². The van der Waals surface area contributed by atoms with Gasteiger partial charge < -0.3 is 10.3 Å². The Labute approximate surface area is 166 Å². The Kier molecular flexibility index (Phi) is 6.02. The van der Waals surface area contributed by atoms with Crippen LogP contribution in [0.5, 0.6) is 0 Å². The third-order valence-corrected chi connectivity index (χ3v) is 5.39. The van der Waals surface area contributed by atoms with E-state index >= 15 is 0 Å². The topological polar surface area (TPSA) is 61.0 Å². The summed E-state index contributed by atoms with van der Waals surface area (Å²) in [6, 6.07) is 16.5. The highest BCUT2D eigenvalue weighted by Gasteiger charge is 2.10. The number of fused-ring (bicyclic) bond motifs is 1. The molecule has 146 valence electrons. The van der Waals surface area contributed by atoms with Crippen molar-refractivity contribution in [3.63, 3.8) is 0 Å². The summed E-state index contributed by atoms with van der Waals surface area (Å²) < 4.78 is 0. The lowest BCUT2D eigenvalue weighted by atomic mass is 10.1. The molecule has 0 saturated carbocycles. The first kappa shape index (κ1) is 18.7. The molecular weight excluding hydrogens is 348 g/mol. The number of benzene rings is 2. The third-order valence-electron chi connectivity index (χ3n) is 5.39. The van der Waals surface area contributed by atoms with Crippen molar-refractivity contribution in [2.24, 2.45) is 0 Å². The maximum absolute atomic E-state index is 12.2. The van der Waals surface area contributed by atoms with E-state index in [2.05, 4.69) is 44.5 Å². The minimum atomic E-state index is 0.0536. The van der Waals surface area contributed by atoms with Gasteiger partial charge in [0.15, 0.2) is 0 Å². The van der Waals surface area contributed by atoms with Crippen molar-refractivity contribution in [1.82, 2.24) is 20.2 Å². The molecule has 28 heavy (non-hydrogen) atoms.